The van der Waals surface area contributed by atoms with E-state index in [1.54, 1.807) is 18.2 Å². The Balaban J connectivity index is 2.00. The van der Waals surface area contributed by atoms with Crippen molar-refractivity contribution in [1.29, 1.82) is 0 Å². The van der Waals surface area contributed by atoms with E-state index in [1.807, 2.05) is 70.2 Å². The largest absolute Gasteiger partial charge is 0.352 e. The average molecular weight is 461 g/mol. The van der Waals surface area contributed by atoms with Crippen LogP contribution < -0.4 is 5.32 Å². The second-order valence-corrected chi connectivity index (χ2v) is 9.15. The van der Waals surface area contributed by atoms with Gasteiger partial charge < -0.3 is 10.2 Å². The third-order valence-electron chi connectivity index (χ3n) is 5.64. The van der Waals surface area contributed by atoms with Crippen molar-refractivity contribution in [2.75, 3.05) is 0 Å². The summed E-state index contributed by atoms with van der Waals surface area (Å²) < 4.78 is 14.6. The van der Waals surface area contributed by atoms with Crippen LogP contribution in [0.4, 0.5) is 4.39 Å². The lowest BCUT2D eigenvalue weighted by Gasteiger charge is -2.32. The van der Waals surface area contributed by atoms with Gasteiger partial charge in [0.15, 0.2) is 0 Å². The normalized spacial score (nSPS) is 11.8. The molecule has 5 heteroatoms. The molecule has 0 aliphatic carbocycles. The topological polar surface area (TPSA) is 49.4 Å². The minimum atomic E-state index is -0.775. The van der Waals surface area contributed by atoms with Crippen molar-refractivity contribution in [2.24, 2.45) is 0 Å². The van der Waals surface area contributed by atoms with Crippen molar-refractivity contribution in [3.8, 4) is 0 Å². The van der Waals surface area contributed by atoms with Crippen LogP contribution in [-0.4, -0.2) is 28.8 Å². The van der Waals surface area contributed by atoms with Crippen LogP contribution in [0.5, 0.6) is 0 Å². The van der Waals surface area contributed by atoms with Gasteiger partial charge in [-0.2, -0.15) is 0 Å². The molecule has 0 unspecified atom stereocenters. The maximum Gasteiger partial charge on any atom is 0.243 e. The first-order chi connectivity index (χ1) is 16.2. The van der Waals surface area contributed by atoms with Crippen molar-refractivity contribution >= 4 is 11.8 Å². The van der Waals surface area contributed by atoms with Gasteiger partial charge in [-0.05, 0) is 44.9 Å². The number of carbonyl (C=O) groups is 2. The summed E-state index contributed by atoms with van der Waals surface area (Å²) in [6.07, 6.45) is 0.476. The summed E-state index contributed by atoms with van der Waals surface area (Å²) in [5.41, 5.74) is 4.34. The molecular weight excluding hydrogens is 427 g/mol. The standard InChI is InChI=1S/C29H33FN2O2/c1-20(2)31-29(34)27(17-23-10-6-5-7-11-23)32(19-25-12-8-9-13-26(25)30)28(33)18-24-15-21(3)14-22(4)16-24/h5-16,20,27H,17-19H2,1-4H3,(H,31,34)/t27-/m1/s1. The first kappa shape index (κ1) is 25.2. The van der Waals surface area contributed by atoms with E-state index in [0.717, 1.165) is 22.3 Å². The highest BCUT2D eigenvalue weighted by Gasteiger charge is 2.31. The molecule has 3 aromatic rings. The van der Waals surface area contributed by atoms with Gasteiger partial charge in [0.05, 0.1) is 6.42 Å². The number of nitrogens with zero attached hydrogens (tertiary/aromatic N) is 1. The summed E-state index contributed by atoms with van der Waals surface area (Å²) in [5.74, 6) is -0.855. The number of hydrogen-bond donors (Lipinski definition) is 1. The third kappa shape index (κ3) is 7.01. The zero-order valence-corrected chi connectivity index (χ0v) is 20.3. The van der Waals surface area contributed by atoms with Gasteiger partial charge in [-0.1, -0.05) is 77.9 Å². The molecule has 0 radical (unpaired) electrons. The summed E-state index contributed by atoms with van der Waals surface area (Å²) in [7, 11) is 0. The highest BCUT2D eigenvalue weighted by Crippen LogP contribution is 2.19. The van der Waals surface area contributed by atoms with E-state index in [4.69, 9.17) is 0 Å². The Morgan fingerprint density at radius 2 is 1.50 bits per heavy atom. The molecule has 0 spiro atoms. The molecule has 0 aromatic heterocycles. The Morgan fingerprint density at radius 3 is 2.12 bits per heavy atom. The number of aryl methyl sites for hydroxylation is 2. The minimum Gasteiger partial charge on any atom is -0.352 e. The fourth-order valence-corrected chi connectivity index (χ4v) is 4.19. The van der Waals surface area contributed by atoms with Crippen LogP contribution in [0.3, 0.4) is 0 Å². The highest BCUT2D eigenvalue weighted by molar-refractivity contribution is 5.89. The predicted octanol–water partition coefficient (Wildman–Crippen LogP) is 5.15. The van der Waals surface area contributed by atoms with E-state index in [1.165, 1.54) is 11.0 Å². The van der Waals surface area contributed by atoms with Crippen LogP contribution in [0.2, 0.25) is 0 Å². The zero-order valence-electron chi connectivity index (χ0n) is 20.3. The van der Waals surface area contributed by atoms with Gasteiger partial charge in [0.25, 0.3) is 0 Å². The Bertz CT molecular complexity index is 1110. The van der Waals surface area contributed by atoms with Crippen molar-refractivity contribution in [3.05, 3.63) is 106 Å². The van der Waals surface area contributed by atoms with Crippen LogP contribution >= 0.6 is 0 Å². The number of rotatable bonds is 9. The fraction of sp³-hybridized carbons (Fsp3) is 0.310. The third-order valence-corrected chi connectivity index (χ3v) is 5.64. The molecule has 34 heavy (non-hydrogen) atoms. The van der Waals surface area contributed by atoms with Crippen LogP contribution in [-0.2, 0) is 29.0 Å². The molecule has 3 rings (SSSR count). The molecule has 4 nitrogen and oxygen atoms in total. The average Bonchev–Trinajstić information content (AvgIpc) is 2.76. The smallest absolute Gasteiger partial charge is 0.243 e. The lowest BCUT2D eigenvalue weighted by Crippen LogP contribution is -2.52. The monoisotopic (exact) mass is 460 g/mol. The van der Waals surface area contributed by atoms with Gasteiger partial charge in [0.1, 0.15) is 11.9 Å². The summed E-state index contributed by atoms with van der Waals surface area (Å²) in [4.78, 5) is 28.6. The summed E-state index contributed by atoms with van der Waals surface area (Å²) >= 11 is 0. The Morgan fingerprint density at radius 1 is 0.882 bits per heavy atom. The summed E-state index contributed by atoms with van der Waals surface area (Å²) in [6.45, 7) is 7.77. The van der Waals surface area contributed by atoms with E-state index in [0.29, 0.717) is 12.0 Å². The number of benzene rings is 3. The minimum absolute atomic E-state index is 0.0132. The van der Waals surface area contributed by atoms with Crippen molar-refractivity contribution in [2.45, 2.75) is 59.2 Å². The molecule has 0 bridgehead atoms. The number of hydrogen-bond acceptors (Lipinski definition) is 2. The van der Waals surface area contributed by atoms with Crippen LogP contribution in [0.1, 0.15) is 41.7 Å². The quantitative estimate of drug-likeness (QED) is 0.480. The van der Waals surface area contributed by atoms with E-state index < -0.39 is 11.9 Å². The molecule has 0 aliphatic rings. The summed E-state index contributed by atoms with van der Waals surface area (Å²) in [6, 6.07) is 21.1. The molecule has 2 amide bonds. The van der Waals surface area contributed by atoms with Gasteiger partial charge in [0.2, 0.25) is 11.8 Å². The second-order valence-electron chi connectivity index (χ2n) is 9.15. The Labute approximate surface area is 201 Å². The van der Waals surface area contributed by atoms with E-state index in [9.17, 15) is 14.0 Å². The maximum atomic E-state index is 14.6. The first-order valence-corrected chi connectivity index (χ1v) is 11.7. The maximum absolute atomic E-state index is 14.6. The lowest BCUT2D eigenvalue weighted by molar-refractivity contribution is -0.141. The van der Waals surface area contributed by atoms with Crippen LogP contribution in [0.25, 0.3) is 0 Å². The zero-order chi connectivity index (χ0) is 24.7. The summed E-state index contributed by atoms with van der Waals surface area (Å²) in [5, 5.41) is 2.95. The van der Waals surface area contributed by atoms with Gasteiger partial charge in [-0.3, -0.25) is 9.59 Å². The van der Waals surface area contributed by atoms with Gasteiger partial charge in [-0.25, -0.2) is 4.39 Å². The van der Waals surface area contributed by atoms with Crippen LogP contribution in [0, 0.1) is 19.7 Å². The molecule has 0 heterocycles. The number of carbonyl (C=O) groups excluding carboxylic acids is 2. The van der Waals surface area contributed by atoms with E-state index >= 15 is 0 Å². The molecular formula is C29H33FN2O2. The van der Waals surface area contributed by atoms with Gasteiger partial charge in [-0.15, -0.1) is 0 Å². The number of halogens is 1. The van der Waals surface area contributed by atoms with Gasteiger partial charge in [0, 0.05) is 24.6 Å². The molecule has 0 saturated carbocycles. The predicted molar refractivity (Wildman–Crippen MR) is 134 cm³/mol. The molecule has 3 aromatic carbocycles. The molecule has 1 atom stereocenters. The van der Waals surface area contributed by atoms with E-state index in [-0.39, 0.29) is 30.8 Å². The molecule has 178 valence electrons. The lowest BCUT2D eigenvalue weighted by atomic mass is 10.00. The van der Waals surface area contributed by atoms with Crippen molar-refractivity contribution < 1.29 is 14.0 Å². The molecule has 0 saturated heterocycles. The molecule has 0 aliphatic heterocycles. The fourth-order valence-electron chi connectivity index (χ4n) is 4.19. The first-order valence-electron chi connectivity index (χ1n) is 11.7. The molecule has 0 fully saturated rings. The Hall–Kier alpha value is -3.47. The van der Waals surface area contributed by atoms with E-state index in [2.05, 4.69) is 11.4 Å². The van der Waals surface area contributed by atoms with Gasteiger partial charge >= 0.3 is 0 Å². The SMILES string of the molecule is Cc1cc(C)cc(CC(=O)N(Cc2ccccc2F)[C@H](Cc2ccccc2)C(=O)NC(C)C)c1. The van der Waals surface area contributed by atoms with Crippen molar-refractivity contribution in [1.82, 2.24) is 10.2 Å². The Kier molecular flexibility index (Phi) is 8.58. The number of nitrogens with one attached hydrogen (secondary N) is 1. The second kappa shape index (κ2) is 11.6. The number of amides is 2. The molecule has 1 N–H and O–H groups in total. The van der Waals surface area contributed by atoms with Crippen LogP contribution in [0.15, 0.2) is 72.8 Å². The highest BCUT2D eigenvalue weighted by atomic mass is 19.1. The van der Waals surface area contributed by atoms with Crippen molar-refractivity contribution in [3.63, 3.8) is 0 Å².